The highest BCUT2D eigenvalue weighted by atomic mass is 32.1. The summed E-state index contributed by atoms with van der Waals surface area (Å²) in [6.45, 7) is 3.97. The van der Waals surface area contributed by atoms with Crippen molar-refractivity contribution < 1.29 is 9.59 Å². The first-order valence-electron chi connectivity index (χ1n) is 7.09. The predicted octanol–water partition coefficient (Wildman–Crippen LogP) is 2.01. The summed E-state index contributed by atoms with van der Waals surface area (Å²) < 4.78 is 0. The minimum absolute atomic E-state index is 0.104. The molecule has 1 aliphatic carbocycles. The number of nitrogens with two attached hydrogens (primary N) is 1. The molecule has 2 N–H and O–H groups in total. The van der Waals surface area contributed by atoms with Gasteiger partial charge in [0.15, 0.2) is 0 Å². The van der Waals surface area contributed by atoms with Crippen LogP contribution in [-0.2, 0) is 9.59 Å². The third-order valence-corrected chi connectivity index (χ3v) is 5.15. The Labute approximate surface area is 119 Å². The minimum atomic E-state index is -0.695. The molecule has 0 aromatic heterocycles. The minimum Gasteiger partial charge on any atom is -0.391 e. The lowest BCUT2D eigenvalue weighted by molar-refractivity contribution is -0.145. The molecule has 1 aliphatic heterocycles. The molecule has 0 aromatic rings. The average Bonchev–Trinajstić information content (AvgIpc) is 2.63. The van der Waals surface area contributed by atoms with E-state index in [0.717, 1.165) is 32.1 Å². The van der Waals surface area contributed by atoms with Crippen LogP contribution < -0.4 is 5.73 Å². The Bertz CT molecular complexity index is 414. The first-order valence-corrected chi connectivity index (χ1v) is 7.50. The summed E-state index contributed by atoms with van der Waals surface area (Å²) in [6.07, 6.45) is 4.85. The summed E-state index contributed by atoms with van der Waals surface area (Å²) in [5, 5.41) is 0. The third kappa shape index (κ3) is 2.29. The number of hydrogen-bond donors (Lipinski definition) is 1. The van der Waals surface area contributed by atoms with Gasteiger partial charge in [-0.3, -0.25) is 14.5 Å². The van der Waals surface area contributed by atoms with Crippen molar-refractivity contribution in [2.45, 2.75) is 57.9 Å². The van der Waals surface area contributed by atoms with Crippen molar-refractivity contribution in [3.8, 4) is 0 Å². The van der Waals surface area contributed by atoms with E-state index in [2.05, 4.69) is 6.92 Å². The highest BCUT2D eigenvalue weighted by Crippen LogP contribution is 2.41. The fourth-order valence-corrected chi connectivity index (χ4v) is 3.67. The number of carbonyl (C=O) groups excluding carboxylic acids is 2. The van der Waals surface area contributed by atoms with E-state index in [4.69, 9.17) is 18.0 Å². The lowest BCUT2D eigenvalue weighted by atomic mass is 9.74. The molecule has 1 atom stereocenters. The molecule has 1 saturated heterocycles. The Kier molecular flexibility index (Phi) is 3.95. The molecule has 2 rings (SSSR count). The lowest BCUT2D eigenvalue weighted by Gasteiger charge is -2.44. The van der Waals surface area contributed by atoms with E-state index in [1.54, 1.807) is 6.92 Å². The fraction of sp³-hybridized carbons (Fsp3) is 0.786. The van der Waals surface area contributed by atoms with Crippen LogP contribution in [0.4, 0.5) is 0 Å². The monoisotopic (exact) mass is 282 g/mol. The predicted molar refractivity (Wildman–Crippen MR) is 77.4 cm³/mol. The maximum Gasteiger partial charge on any atom is 0.233 e. The highest BCUT2D eigenvalue weighted by Gasteiger charge is 2.51. The molecule has 4 nitrogen and oxygen atoms in total. The fourth-order valence-electron chi connectivity index (χ4n) is 3.38. The number of carbonyl (C=O) groups is 2. The maximum absolute atomic E-state index is 12.3. The number of amides is 2. The van der Waals surface area contributed by atoms with Crippen molar-refractivity contribution >= 4 is 29.0 Å². The van der Waals surface area contributed by atoms with Gasteiger partial charge in [-0.25, -0.2) is 0 Å². The van der Waals surface area contributed by atoms with Crippen molar-refractivity contribution in [2.24, 2.45) is 17.6 Å². The summed E-state index contributed by atoms with van der Waals surface area (Å²) in [4.78, 5) is 26.1. The molecule has 0 radical (unpaired) electrons. The maximum atomic E-state index is 12.3. The SMILES string of the molecule is CCC1CCC(C(N)=S)(N2C(=O)CC(C)C2=O)CC1. The average molecular weight is 282 g/mol. The highest BCUT2D eigenvalue weighted by molar-refractivity contribution is 7.80. The molecule has 0 bridgehead atoms. The van der Waals surface area contributed by atoms with Crippen LogP contribution in [0.3, 0.4) is 0 Å². The quantitative estimate of drug-likeness (QED) is 0.635. The van der Waals surface area contributed by atoms with E-state index >= 15 is 0 Å². The molecule has 106 valence electrons. The van der Waals surface area contributed by atoms with Crippen molar-refractivity contribution in [1.82, 2.24) is 4.90 Å². The van der Waals surface area contributed by atoms with Gasteiger partial charge in [-0.15, -0.1) is 0 Å². The van der Waals surface area contributed by atoms with E-state index in [1.165, 1.54) is 4.90 Å². The number of likely N-dealkylation sites (tertiary alicyclic amines) is 1. The van der Waals surface area contributed by atoms with E-state index in [-0.39, 0.29) is 17.7 Å². The number of imide groups is 1. The van der Waals surface area contributed by atoms with E-state index in [9.17, 15) is 9.59 Å². The van der Waals surface area contributed by atoms with Crippen LogP contribution in [0.2, 0.25) is 0 Å². The number of nitrogens with zero attached hydrogens (tertiary/aromatic N) is 1. The van der Waals surface area contributed by atoms with Crippen molar-refractivity contribution in [3.05, 3.63) is 0 Å². The molecule has 2 aliphatic rings. The zero-order valence-corrected chi connectivity index (χ0v) is 12.5. The normalized spacial score (nSPS) is 35.8. The number of hydrogen-bond acceptors (Lipinski definition) is 3. The Morgan fingerprint density at radius 2 is 2.00 bits per heavy atom. The van der Waals surface area contributed by atoms with Crippen molar-refractivity contribution in [2.75, 3.05) is 0 Å². The summed E-state index contributed by atoms with van der Waals surface area (Å²) in [5.74, 6) is 0.211. The van der Waals surface area contributed by atoms with Gasteiger partial charge in [0.1, 0.15) is 5.54 Å². The molecule has 2 fully saturated rings. The van der Waals surface area contributed by atoms with Crippen LogP contribution in [0.25, 0.3) is 0 Å². The van der Waals surface area contributed by atoms with Gasteiger partial charge in [0.2, 0.25) is 11.8 Å². The van der Waals surface area contributed by atoms with Crippen LogP contribution in [0, 0.1) is 11.8 Å². The topological polar surface area (TPSA) is 63.4 Å². The molecule has 5 heteroatoms. The van der Waals surface area contributed by atoms with Gasteiger partial charge in [0, 0.05) is 12.3 Å². The first kappa shape index (κ1) is 14.4. The van der Waals surface area contributed by atoms with Gasteiger partial charge < -0.3 is 5.73 Å². The molecule has 2 amide bonds. The molecular weight excluding hydrogens is 260 g/mol. The van der Waals surface area contributed by atoms with Crippen LogP contribution in [-0.4, -0.2) is 27.2 Å². The summed E-state index contributed by atoms with van der Waals surface area (Å²) >= 11 is 5.22. The second-order valence-corrected chi connectivity index (χ2v) is 6.36. The number of thiocarbonyl (C=S) groups is 1. The van der Waals surface area contributed by atoms with Crippen LogP contribution in [0.5, 0.6) is 0 Å². The molecule has 0 spiro atoms. The lowest BCUT2D eigenvalue weighted by Crippen LogP contribution is -2.60. The Balaban J connectivity index is 2.29. The Morgan fingerprint density at radius 1 is 1.42 bits per heavy atom. The first-order chi connectivity index (χ1) is 8.92. The summed E-state index contributed by atoms with van der Waals surface area (Å²) in [7, 11) is 0. The Morgan fingerprint density at radius 3 is 2.37 bits per heavy atom. The molecular formula is C14H22N2O2S. The third-order valence-electron chi connectivity index (χ3n) is 4.77. The van der Waals surface area contributed by atoms with Gasteiger partial charge >= 0.3 is 0 Å². The number of rotatable bonds is 3. The molecule has 19 heavy (non-hydrogen) atoms. The summed E-state index contributed by atoms with van der Waals surface area (Å²) in [6, 6.07) is 0. The largest absolute Gasteiger partial charge is 0.391 e. The zero-order valence-electron chi connectivity index (χ0n) is 11.6. The van der Waals surface area contributed by atoms with Gasteiger partial charge in [-0.1, -0.05) is 32.5 Å². The molecule has 0 aromatic carbocycles. The van der Waals surface area contributed by atoms with Crippen molar-refractivity contribution in [1.29, 1.82) is 0 Å². The second kappa shape index (κ2) is 5.19. The van der Waals surface area contributed by atoms with Crippen LogP contribution in [0.1, 0.15) is 52.4 Å². The molecule has 1 unspecified atom stereocenters. The van der Waals surface area contributed by atoms with E-state index in [0.29, 0.717) is 17.3 Å². The van der Waals surface area contributed by atoms with Crippen molar-refractivity contribution in [3.63, 3.8) is 0 Å². The van der Waals surface area contributed by atoms with E-state index in [1.807, 2.05) is 0 Å². The van der Waals surface area contributed by atoms with Crippen LogP contribution >= 0.6 is 12.2 Å². The van der Waals surface area contributed by atoms with Gasteiger partial charge in [-0.05, 0) is 31.6 Å². The Hall–Kier alpha value is -0.970. The van der Waals surface area contributed by atoms with Crippen LogP contribution in [0.15, 0.2) is 0 Å². The summed E-state index contributed by atoms with van der Waals surface area (Å²) in [5.41, 5.74) is 5.23. The smallest absolute Gasteiger partial charge is 0.233 e. The molecule has 1 saturated carbocycles. The standard InChI is InChI=1S/C14H22N2O2S/c1-3-10-4-6-14(7-5-10,13(15)19)16-11(17)8-9(2)12(16)18/h9-10H,3-8H2,1-2H3,(H2,15,19). The van der Waals surface area contributed by atoms with Gasteiger partial charge in [-0.2, -0.15) is 0 Å². The van der Waals surface area contributed by atoms with Gasteiger partial charge in [0.25, 0.3) is 0 Å². The van der Waals surface area contributed by atoms with E-state index < -0.39 is 5.54 Å². The van der Waals surface area contributed by atoms with Gasteiger partial charge in [0.05, 0.1) is 4.99 Å². The second-order valence-electron chi connectivity index (χ2n) is 5.92. The molecule has 1 heterocycles. The zero-order chi connectivity index (χ0) is 14.2.